The van der Waals surface area contributed by atoms with Crippen molar-refractivity contribution in [1.29, 1.82) is 0 Å². The van der Waals surface area contributed by atoms with Gasteiger partial charge < -0.3 is 5.73 Å². The highest BCUT2D eigenvalue weighted by Crippen LogP contribution is 2.01. The van der Waals surface area contributed by atoms with Crippen LogP contribution in [-0.4, -0.2) is 5.27 Å². The van der Waals surface area contributed by atoms with Gasteiger partial charge in [-0.1, -0.05) is 12.1 Å². The van der Waals surface area contributed by atoms with E-state index in [0.717, 1.165) is 11.3 Å². The number of aromatic amines is 1. The van der Waals surface area contributed by atoms with E-state index in [1.165, 1.54) is 10.9 Å². The van der Waals surface area contributed by atoms with Crippen LogP contribution in [0.4, 0.5) is 0 Å². The highest BCUT2D eigenvalue weighted by atomic mass is 16.5. The van der Waals surface area contributed by atoms with Gasteiger partial charge in [-0.05, 0) is 15.5 Å². The molecular formula is C9H10N3O2+. The Morgan fingerprint density at radius 2 is 2.07 bits per heavy atom. The molecular weight excluding hydrogens is 182 g/mol. The van der Waals surface area contributed by atoms with E-state index in [4.69, 9.17) is 5.73 Å². The number of nitrogens with one attached hydrogen (secondary N) is 1. The van der Waals surface area contributed by atoms with Crippen LogP contribution in [-0.2, 0) is 6.54 Å². The maximum Gasteiger partial charge on any atom is 0.427 e. The molecule has 0 fully saturated rings. The van der Waals surface area contributed by atoms with Crippen LogP contribution in [0.5, 0.6) is 0 Å². The van der Waals surface area contributed by atoms with Gasteiger partial charge in [-0.2, -0.15) is 0 Å². The molecule has 2 aromatic rings. The fourth-order valence-electron chi connectivity index (χ4n) is 1.17. The van der Waals surface area contributed by atoms with E-state index < -0.39 is 5.63 Å². The van der Waals surface area contributed by atoms with Gasteiger partial charge in [-0.15, -0.1) is 0 Å². The van der Waals surface area contributed by atoms with E-state index in [-0.39, 0.29) is 0 Å². The first-order valence-electron chi connectivity index (χ1n) is 4.19. The second kappa shape index (κ2) is 3.47. The first kappa shape index (κ1) is 8.71. The van der Waals surface area contributed by atoms with E-state index in [1.54, 1.807) is 0 Å². The predicted octanol–water partition coefficient (Wildman–Crippen LogP) is -0.297. The number of nitrogens with two attached hydrogens (primary N) is 1. The van der Waals surface area contributed by atoms with Crippen molar-refractivity contribution >= 4 is 0 Å². The molecule has 1 heterocycles. The molecule has 1 aromatic heterocycles. The number of hydrogen-bond donors (Lipinski definition) is 2. The van der Waals surface area contributed by atoms with Gasteiger partial charge in [0.2, 0.25) is 5.69 Å². The Morgan fingerprint density at radius 3 is 2.57 bits per heavy atom. The highest BCUT2D eigenvalue weighted by Gasteiger charge is 2.09. The van der Waals surface area contributed by atoms with Crippen molar-refractivity contribution in [1.82, 2.24) is 5.27 Å². The number of H-pyrrole nitrogens is 1. The van der Waals surface area contributed by atoms with Crippen LogP contribution in [0.1, 0.15) is 5.56 Å². The molecule has 0 radical (unpaired) electrons. The van der Waals surface area contributed by atoms with Crippen LogP contribution in [0.2, 0.25) is 0 Å². The predicted molar refractivity (Wildman–Crippen MR) is 48.8 cm³/mol. The Balaban J connectivity index is 2.38. The minimum atomic E-state index is -0.409. The van der Waals surface area contributed by atoms with Gasteiger partial charge in [0, 0.05) is 18.7 Å². The van der Waals surface area contributed by atoms with E-state index in [9.17, 15) is 4.79 Å². The van der Waals surface area contributed by atoms with Gasteiger partial charge in [-0.3, -0.25) is 4.52 Å². The summed E-state index contributed by atoms with van der Waals surface area (Å²) in [4.78, 5) is 10.7. The molecule has 0 amide bonds. The van der Waals surface area contributed by atoms with Gasteiger partial charge in [0.1, 0.15) is 0 Å². The molecule has 72 valence electrons. The molecule has 0 spiro atoms. The first-order valence-corrected chi connectivity index (χ1v) is 4.19. The van der Waals surface area contributed by atoms with Crippen molar-refractivity contribution < 1.29 is 9.20 Å². The minimum absolute atomic E-state index is 0.409. The summed E-state index contributed by atoms with van der Waals surface area (Å²) in [5, 5.41) is 2.46. The molecule has 0 aliphatic rings. The SMILES string of the molecule is NCc1ccc(-[n+]2cc(=O)o[nH]2)cc1. The van der Waals surface area contributed by atoms with Gasteiger partial charge in [0.25, 0.3) is 6.20 Å². The summed E-state index contributed by atoms with van der Waals surface area (Å²) in [6.07, 6.45) is 1.33. The lowest BCUT2D eigenvalue weighted by Gasteiger charge is -1.93. The Labute approximate surface area is 79.7 Å². The summed E-state index contributed by atoms with van der Waals surface area (Å²) in [5.74, 6) is 0. The van der Waals surface area contributed by atoms with E-state index in [2.05, 4.69) is 9.79 Å². The van der Waals surface area contributed by atoms with Crippen LogP contribution in [0, 0.1) is 0 Å². The van der Waals surface area contributed by atoms with Crippen LogP contribution < -0.4 is 16.0 Å². The normalized spacial score (nSPS) is 10.4. The summed E-state index contributed by atoms with van der Waals surface area (Å²) in [6, 6.07) is 7.50. The third kappa shape index (κ3) is 1.57. The van der Waals surface area contributed by atoms with Crippen molar-refractivity contribution in [3.63, 3.8) is 0 Å². The Kier molecular flexibility index (Phi) is 2.16. The van der Waals surface area contributed by atoms with Crippen LogP contribution in [0.25, 0.3) is 5.69 Å². The third-order valence-electron chi connectivity index (χ3n) is 1.93. The molecule has 5 heteroatoms. The molecule has 14 heavy (non-hydrogen) atoms. The quantitative estimate of drug-likeness (QED) is 0.641. The van der Waals surface area contributed by atoms with Crippen molar-refractivity contribution in [2.75, 3.05) is 0 Å². The van der Waals surface area contributed by atoms with Gasteiger partial charge in [0.05, 0.1) is 0 Å². The zero-order valence-corrected chi connectivity index (χ0v) is 7.43. The molecule has 5 nitrogen and oxygen atoms in total. The van der Waals surface area contributed by atoms with Gasteiger partial charge in [0.15, 0.2) is 0 Å². The molecule has 0 bridgehead atoms. The molecule has 0 aliphatic heterocycles. The fraction of sp³-hybridized carbons (Fsp3) is 0.111. The lowest BCUT2D eigenvalue weighted by molar-refractivity contribution is -0.670. The fourth-order valence-corrected chi connectivity index (χ4v) is 1.17. The van der Waals surface area contributed by atoms with Crippen LogP contribution >= 0.6 is 0 Å². The summed E-state index contributed by atoms with van der Waals surface area (Å²) in [6.45, 7) is 0.507. The molecule has 0 saturated carbocycles. The summed E-state index contributed by atoms with van der Waals surface area (Å²) >= 11 is 0. The summed E-state index contributed by atoms with van der Waals surface area (Å²) in [5.41, 5.74) is 6.92. The zero-order valence-electron chi connectivity index (χ0n) is 7.43. The second-order valence-corrected chi connectivity index (χ2v) is 2.88. The van der Waals surface area contributed by atoms with Crippen LogP contribution in [0.3, 0.4) is 0 Å². The number of hydrogen-bond acceptors (Lipinski definition) is 3. The first-order chi connectivity index (χ1) is 6.79. The number of rotatable bonds is 2. The molecule has 1 aromatic carbocycles. The maximum atomic E-state index is 10.7. The number of aromatic nitrogens is 2. The average Bonchev–Trinajstić information content (AvgIpc) is 2.65. The maximum absolute atomic E-state index is 10.7. The molecule has 0 unspecified atom stereocenters. The molecule has 2 rings (SSSR count). The monoisotopic (exact) mass is 192 g/mol. The lowest BCUT2D eigenvalue weighted by Crippen LogP contribution is -2.32. The number of benzene rings is 1. The smallest absolute Gasteiger partial charge is 0.326 e. The summed E-state index contributed by atoms with van der Waals surface area (Å²) in [7, 11) is 0. The van der Waals surface area contributed by atoms with Crippen molar-refractivity contribution in [3.05, 3.63) is 46.4 Å². The standard InChI is InChI=1S/C9H9N3O2/c10-5-7-1-3-8(4-2-7)12-6-9(13)14-11-12/h1-4,6H,5,10H2/p+1. The lowest BCUT2D eigenvalue weighted by atomic mass is 10.2. The Morgan fingerprint density at radius 1 is 1.36 bits per heavy atom. The Hall–Kier alpha value is -1.88. The summed E-state index contributed by atoms with van der Waals surface area (Å²) < 4.78 is 6.04. The van der Waals surface area contributed by atoms with E-state index in [0.29, 0.717) is 6.54 Å². The molecule has 0 saturated heterocycles. The highest BCUT2D eigenvalue weighted by molar-refractivity contribution is 5.26. The Bertz CT molecular complexity index is 469. The molecule has 0 atom stereocenters. The minimum Gasteiger partial charge on any atom is -0.326 e. The molecule has 0 aliphatic carbocycles. The average molecular weight is 192 g/mol. The number of nitrogens with zero attached hydrogens (tertiary/aromatic N) is 1. The largest absolute Gasteiger partial charge is 0.427 e. The third-order valence-corrected chi connectivity index (χ3v) is 1.93. The van der Waals surface area contributed by atoms with Crippen molar-refractivity contribution in [2.24, 2.45) is 5.73 Å². The van der Waals surface area contributed by atoms with Crippen molar-refractivity contribution in [2.45, 2.75) is 6.54 Å². The van der Waals surface area contributed by atoms with E-state index in [1.807, 2.05) is 24.3 Å². The van der Waals surface area contributed by atoms with Gasteiger partial charge in [-0.25, -0.2) is 4.79 Å². The van der Waals surface area contributed by atoms with Gasteiger partial charge >= 0.3 is 5.63 Å². The van der Waals surface area contributed by atoms with Crippen molar-refractivity contribution in [3.8, 4) is 5.69 Å². The topological polar surface area (TPSA) is 75.9 Å². The van der Waals surface area contributed by atoms with E-state index >= 15 is 0 Å². The second-order valence-electron chi connectivity index (χ2n) is 2.88. The zero-order chi connectivity index (χ0) is 9.97. The molecule has 3 N–H and O–H groups in total. The van der Waals surface area contributed by atoms with Crippen LogP contribution in [0.15, 0.2) is 39.8 Å².